The lowest BCUT2D eigenvalue weighted by Crippen LogP contribution is -2.32. The highest BCUT2D eigenvalue weighted by molar-refractivity contribution is 7.10. The number of nitrogens with one attached hydrogen (secondary N) is 1. The van der Waals surface area contributed by atoms with E-state index in [2.05, 4.69) is 65.0 Å². The summed E-state index contributed by atoms with van der Waals surface area (Å²) < 4.78 is 6.60. The molecular weight excluding hydrogens is 416 g/mol. The predicted octanol–water partition coefficient (Wildman–Crippen LogP) is 5.95. The first-order valence-corrected chi connectivity index (χ1v) is 12.6. The quantitative estimate of drug-likeness (QED) is 0.375. The average molecular weight is 451 g/mol. The molecule has 1 atom stereocenters. The first-order chi connectivity index (χ1) is 15.7. The molecule has 0 radical (unpaired) electrons. The fourth-order valence-corrected chi connectivity index (χ4v) is 5.28. The van der Waals surface area contributed by atoms with Crippen LogP contribution < -0.4 is 10.1 Å². The first kappa shape index (κ1) is 22.8. The molecule has 5 heteroatoms. The smallest absolute Gasteiger partial charge is 0.134 e. The molecule has 0 spiro atoms. The Morgan fingerprint density at radius 1 is 1.09 bits per heavy atom. The van der Waals surface area contributed by atoms with Crippen LogP contribution in [0.2, 0.25) is 0 Å². The van der Waals surface area contributed by atoms with Crippen molar-refractivity contribution in [3.63, 3.8) is 0 Å². The number of para-hydroxylation sites is 1. The molecule has 32 heavy (non-hydrogen) atoms. The maximum absolute atomic E-state index is 9.80. The molecule has 1 saturated heterocycles. The summed E-state index contributed by atoms with van der Waals surface area (Å²) >= 11 is 1.77. The van der Waals surface area contributed by atoms with Crippen LogP contribution in [-0.2, 0) is 6.54 Å². The van der Waals surface area contributed by atoms with Crippen LogP contribution in [0.15, 0.2) is 66.0 Å². The lowest BCUT2D eigenvalue weighted by atomic mass is 9.89. The Hall–Kier alpha value is -2.34. The molecule has 0 bridgehead atoms. The number of benzene rings is 2. The standard InChI is InChI=1S/C27H34N2O2S/c1-2-28-15-12-26(27-11-6-18-32-27)31-25-10-4-3-7-23(25)20-29-16-13-21(14-17-29)22-8-5-9-24(30)19-22/h3-11,18-19,21,26,28,30H,2,12-17,20H2,1H3. The zero-order valence-corrected chi connectivity index (χ0v) is 19.7. The number of hydrogen-bond donors (Lipinski definition) is 2. The van der Waals surface area contributed by atoms with Crippen molar-refractivity contribution in [3.05, 3.63) is 82.0 Å². The number of likely N-dealkylation sites (tertiary alicyclic amines) is 1. The molecule has 4 rings (SSSR count). The van der Waals surface area contributed by atoms with Crippen molar-refractivity contribution >= 4 is 11.3 Å². The predicted molar refractivity (Wildman–Crippen MR) is 133 cm³/mol. The van der Waals surface area contributed by atoms with Gasteiger partial charge in [0, 0.05) is 23.4 Å². The van der Waals surface area contributed by atoms with Gasteiger partial charge in [-0.25, -0.2) is 0 Å². The lowest BCUT2D eigenvalue weighted by molar-refractivity contribution is 0.180. The van der Waals surface area contributed by atoms with Crippen molar-refractivity contribution in [2.24, 2.45) is 0 Å². The molecule has 1 aliphatic rings. The molecular formula is C27H34N2O2S. The number of thiophene rings is 1. The third kappa shape index (κ3) is 6.12. The van der Waals surface area contributed by atoms with Crippen molar-refractivity contribution in [1.82, 2.24) is 10.2 Å². The molecule has 2 N–H and O–H groups in total. The van der Waals surface area contributed by atoms with Crippen LogP contribution in [-0.4, -0.2) is 36.2 Å². The van der Waals surface area contributed by atoms with Gasteiger partial charge >= 0.3 is 0 Å². The van der Waals surface area contributed by atoms with Crippen LogP contribution in [0.5, 0.6) is 11.5 Å². The van der Waals surface area contributed by atoms with E-state index in [1.54, 1.807) is 17.4 Å². The minimum absolute atomic E-state index is 0.0756. The summed E-state index contributed by atoms with van der Waals surface area (Å²) in [5.41, 5.74) is 2.51. The Morgan fingerprint density at radius 3 is 2.69 bits per heavy atom. The van der Waals surface area contributed by atoms with Gasteiger partial charge in [-0.3, -0.25) is 4.90 Å². The normalized spacial score (nSPS) is 16.2. The molecule has 0 aliphatic carbocycles. The second kappa shape index (κ2) is 11.5. The van der Waals surface area contributed by atoms with Crippen molar-refractivity contribution in [2.75, 3.05) is 26.2 Å². The Labute approximate surface area is 195 Å². The highest BCUT2D eigenvalue weighted by Crippen LogP contribution is 2.33. The maximum Gasteiger partial charge on any atom is 0.134 e. The van der Waals surface area contributed by atoms with Crippen LogP contribution in [0.1, 0.15) is 54.2 Å². The van der Waals surface area contributed by atoms with Gasteiger partial charge in [-0.2, -0.15) is 0 Å². The van der Waals surface area contributed by atoms with Crippen molar-refractivity contribution < 1.29 is 9.84 Å². The molecule has 1 aromatic heterocycles. The van der Waals surface area contributed by atoms with Crippen molar-refractivity contribution in [3.8, 4) is 11.5 Å². The zero-order chi connectivity index (χ0) is 22.2. The summed E-state index contributed by atoms with van der Waals surface area (Å²) in [6.45, 7) is 7.09. The third-order valence-corrected chi connectivity index (χ3v) is 7.22. The van der Waals surface area contributed by atoms with E-state index in [0.29, 0.717) is 11.7 Å². The molecule has 1 fully saturated rings. The van der Waals surface area contributed by atoms with Gasteiger partial charge in [0.05, 0.1) is 0 Å². The molecule has 3 aromatic rings. The summed E-state index contributed by atoms with van der Waals surface area (Å²) in [7, 11) is 0. The second-order valence-corrected chi connectivity index (χ2v) is 9.50. The van der Waals surface area contributed by atoms with Crippen LogP contribution in [0, 0.1) is 0 Å². The number of hydrogen-bond acceptors (Lipinski definition) is 5. The Morgan fingerprint density at radius 2 is 1.94 bits per heavy atom. The van der Waals surface area contributed by atoms with Crippen LogP contribution >= 0.6 is 11.3 Å². The summed E-state index contributed by atoms with van der Waals surface area (Å²) in [6, 6.07) is 20.5. The van der Waals surface area contributed by atoms with E-state index in [-0.39, 0.29) is 6.10 Å². The Kier molecular flexibility index (Phi) is 8.21. The number of ether oxygens (including phenoxy) is 1. The summed E-state index contributed by atoms with van der Waals surface area (Å²) in [5.74, 6) is 1.89. The van der Waals surface area contributed by atoms with E-state index in [1.807, 2.05) is 12.1 Å². The molecule has 1 aliphatic heterocycles. The summed E-state index contributed by atoms with van der Waals surface area (Å²) in [4.78, 5) is 3.81. The second-order valence-electron chi connectivity index (χ2n) is 8.52. The minimum atomic E-state index is 0.0756. The van der Waals surface area contributed by atoms with E-state index >= 15 is 0 Å². The fraction of sp³-hybridized carbons (Fsp3) is 0.407. The minimum Gasteiger partial charge on any atom is -0.508 e. The van der Waals surface area contributed by atoms with E-state index in [4.69, 9.17) is 4.74 Å². The Balaban J connectivity index is 1.39. The van der Waals surface area contributed by atoms with Crippen molar-refractivity contribution in [2.45, 2.75) is 44.8 Å². The average Bonchev–Trinajstić information content (AvgIpc) is 3.35. The monoisotopic (exact) mass is 450 g/mol. The fourth-order valence-electron chi connectivity index (χ4n) is 4.49. The number of phenols is 1. The third-order valence-electron chi connectivity index (χ3n) is 6.26. The van der Waals surface area contributed by atoms with E-state index in [9.17, 15) is 5.11 Å². The van der Waals surface area contributed by atoms with Crippen LogP contribution in [0.25, 0.3) is 0 Å². The highest BCUT2D eigenvalue weighted by atomic mass is 32.1. The lowest BCUT2D eigenvalue weighted by Gasteiger charge is -2.32. The number of phenolic OH excluding ortho intramolecular Hbond substituents is 1. The van der Waals surface area contributed by atoms with E-state index in [1.165, 1.54) is 16.0 Å². The highest BCUT2D eigenvalue weighted by Gasteiger charge is 2.22. The molecule has 1 unspecified atom stereocenters. The van der Waals surface area contributed by atoms with Gasteiger partial charge in [-0.15, -0.1) is 11.3 Å². The Bertz CT molecular complexity index is 952. The molecule has 0 amide bonds. The van der Waals surface area contributed by atoms with E-state index in [0.717, 1.165) is 57.7 Å². The van der Waals surface area contributed by atoms with Gasteiger partial charge < -0.3 is 15.2 Å². The van der Waals surface area contributed by atoms with Gasteiger partial charge in [0.1, 0.15) is 17.6 Å². The topological polar surface area (TPSA) is 44.7 Å². The van der Waals surface area contributed by atoms with Crippen LogP contribution in [0.4, 0.5) is 0 Å². The number of rotatable bonds is 10. The van der Waals surface area contributed by atoms with Crippen molar-refractivity contribution in [1.29, 1.82) is 0 Å². The maximum atomic E-state index is 9.80. The zero-order valence-electron chi connectivity index (χ0n) is 18.9. The SMILES string of the molecule is CCNCCC(Oc1ccccc1CN1CCC(c2cccc(O)c2)CC1)c1cccs1. The summed E-state index contributed by atoms with van der Waals surface area (Å²) in [6.07, 6.45) is 3.27. The van der Waals surface area contributed by atoms with Gasteiger partial charge in [-0.1, -0.05) is 43.3 Å². The van der Waals surface area contributed by atoms with E-state index < -0.39 is 0 Å². The molecule has 4 nitrogen and oxygen atoms in total. The first-order valence-electron chi connectivity index (χ1n) is 11.7. The molecule has 2 heterocycles. The number of aromatic hydroxyl groups is 1. The molecule has 0 saturated carbocycles. The largest absolute Gasteiger partial charge is 0.508 e. The molecule has 2 aromatic carbocycles. The summed E-state index contributed by atoms with van der Waals surface area (Å²) in [5, 5.41) is 15.4. The van der Waals surface area contributed by atoms with Gasteiger partial charge in [0.15, 0.2) is 0 Å². The van der Waals surface area contributed by atoms with Gasteiger partial charge in [0.2, 0.25) is 0 Å². The molecule has 170 valence electrons. The van der Waals surface area contributed by atoms with Gasteiger partial charge in [-0.05, 0) is 80.1 Å². The number of nitrogens with zero attached hydrogens (tertiary/aromatic N) is 1. The van der Waals surface area contributed by atoms with Crippen LogP contribution in [0.3, 0.4) is 0 Å². The van der Waals surface area contributed by atoms with Gasteiger partial charge in [0.25, 0.3) is 0 Å². The number of piperidine rings is 1.